The number of H-pyrrole nitrogens is 2. The fourth-order valence-electron chi connectivity index (χ4n) is 2.08. The normalized spacial score (nSPS) is 11.3. The van der Waals surface area contributed by atoms with Crippen LogP contribution in [0.15, 0.2) is 36.7 Å². The van der Waals surface area contributed by atoms with E-state index in [0.717, 1.165) is 27.9 Å². The number of imidazole rings is 1. The maximum Gasteiger partial charge on any atom is 0.178 e. The molecule has 0 aliphatic heterocycles. The molecule has 0 aliphatic carbocycles. The number of pyridine rings is 2. The minimum atomic E-state index is 0.716. The van der Waals surface area contributed by atoms with E-state index in [2.05, 4.69) is 31.1 Å². The average molecular weight is 234 g/mol. The molecule has 0 fully saturated rings. The van der Waals surface area contributed by atoms with Crippen molar-refractivity contribution < 1.29 is 0 Å². The van der Waals surface area contributed by atoms with Gasteiger partial charge in [0.1, 0.15) is 11.5 Å². The van der Waals surface area contributed by atoms with Crippen molar-refractivity contribution in [3.63, 3.8) is 0 Å². The lowest BCUT2D eigenvalue weighted by Crippen LogP contribution is -1.84. The van der Waals surface area contributed by atoms with E-state index in [1.54, 1.807) is 6.20 Å². The van der Waals surface area contributed by atoms with Gasteiger partial charge in [0.2, 0.25) is 0 Å². The number of aromatic amines is 2. The number of nitrogens with zero attached hydrogens (tertiary/aromatic N) is 3. The summed E-state index contributed by atoms with van der Waals surface area (Å²) in [6, 6.07) is 7.65. The molecule has 0 spiro atoms. The van der Waals surface area contributed by atoms with Crippen LogP contribution in [-0.4, -0.2) is 24.9 Å². The van der Waals surface area contributed by atoms with Gasteiger partial charge in [0.15, 0.2) is 5.65 Å². The molecule has 85 valence electrons. The number of hydrogen-bond acceptors (Lipinski definition) is 3. The first kappa shape index (κ1) is 9.35. The van der Waals surface area contributed by atoms with Crippen LogP contribution in [0.25, 0.3) is 33.6 Å². The maximum atomic E-state index is 4.48. The predicted molar refractivity (Wildman–Crippen MR) is 67.8 cm³/mol. The molecule has 4 aromatic rings. The molecule has 0 aliphatic rings. The van der Waals surface area contributed by atoms with E-state index < -0.39 is 0 Å². The van der Waals surface area contributed by atoms with Crippen molar-refractivity contribution >= 4 is 22.2 Å². The van der Waals surface area contributed by atoms with E-state index >= 15 is 0 Å². The fraction of sp³-hybridized carbons (Fsp3) is 0. The highest BCUT2D eigenvalue weighted by Crippen LogP contribution is 2.25. The van der Waals surface area contributed by atoms with Crippen LogP contribution in [0.5, 0.6) is 0 Å². The lowest BCUT2D eigenvalue weighted by Gasteiger charge is -1.97. The molecule has 4 heterocycles. The Kier molecular flexibility index (Phi) is 1.77. The summed E-state index contributed by atoms with van der Waals surface area (Å²) in [5, 5.41) is 1.02. The van der Waals surface area contributed by atoms with Crippen LogP contribution < -0.4 is 0 Å². The van der Waals surface area contributed by atoms with Crippen molar-refractivity contribution in [1.29, 1.82) is 0 Å². The SMILES string of the molecule is [c]1cc(-c2nc3ncccc3[nH]2)c2cc[nH]c2n1. The van der Waals surface area contributed by atoms with Crippen LogP contribution in [0.2, 0.25) is 0 Å². The Morgan fingerprint density at radius 3 is 3.17 bits per heavy atom. The molecular weight excluding hydrogens is 226 g/mol. The van der Waals surface area contributed by atoms with Gasteiger partial charge in [-0.25, -0.2) is 15.0 Å². The molecule has 5 heteroatoms. The summed E-state index contributed by atoms with van der Waals surface area (Å²) in [4.78, 5) is 19.2. The quantitative estimate of drug-likeness (QED) is 0.531. The van der Waals surface area contributed by atoms with Crippen LogP contribution in [0.1, 0.15) is 0 Å². The number of fused-ring (bicyclic) bond motifs is 2. The summed E-state index contributed by atoms with van der Waals surface area (Å²) < 4.78 is 0. The van der Waals surface area contributed by atoms with Crippen LogP contribution in [0.3, 0.4) is 0 Å². The summed E-state index contributed by atoms with van der Waals surface area (Å²) in [5.41, 5.74) is 3.42. The summed E-state index contributed by atoms with van der Waals surface area (Å²) >= 11 is 0. The lowest BCUT2D eigenvalue weighted by molar-refractivity contribution is 1.28. The van der Waals surface area contributed by atoms with Crippen LogP contribution in [-0.2, 0) is 0 Å². The zero-order chi connectivity index (χ0) is 11.9. The first-order chi connectivity index (χ1) is 8.92. The molecular formula is C13H8N5. The van der Waals surface area contributed by atoms with Gasteiger partial charge in [-0.05, 0) is 24.3 Å². The molecule has 0 bridgehead atoms. The molecule has 0 aromatic carbocycles. The van der Waals surface area contributed by atoms with E-state index in [9.17, 15) is 0 Å². The van der Waals surface area contributed by atoms with Gasteiger partial charge in [-0.3, -0.25) is 0 Å². The average Bonchev–Trinajstić information content (AvgIpc) is 3.04. The Hall–Kier alpha value is -2.69. The molecule has 0 saturated carbocycles. The van der Waals surface area contributed by atoms with E-state index in [0.29, 0.717) is 5.65 Å². The first-order valence-corrected chi connectivity index (χ1v) is 5.57. The zero-order valence-corrected chi connectivity index (χ0v) is 9.31. The van der Waals surface area contributed by atoms with E-state index in [4.69, 9.17) is 0 Å². The number of hydrogen-bond donors (Lipinski definition) is 2. The molecule has 4 rings (SSSR count). The van der Waals surface area contributed by atoms with Crippen molar-refractivity contribution in [3.05, 3.63) is 42.9 Å². The van der Waals surface area contributed by atoms with Gasteiger partial charge < -0.3 is 9.97 Å². The Bertz CT molecular complexity index is 809. The lowest BCUT2D eigenvalue weighted by atomic mass is 10.2. The molecule has 2 N–H and O–H groups in total. The minimum Gasteiger partial charge on any atom is -0.346 e. The molecule has 18 heavy (non-hydrogen) atoms. The third-order valence-electron chi connectivity index (χ3n) is 2.91. The highest BCUT2D eigenvalue weighted by atomic mass is 15.0. The van der Waals surface area contributed by atoms with Gasteiger partial charge in [0.05, 0.1) is 11.7 Å². The number of rotatable bonds is 1. The first-order valence-electron chi connectivity index (χ1n) is 5.57. The third-order valence-corrected chi connectivity index (χ3v) is 2.91. The largest absolute Gasteiger partial charge is 0.346 e. The monoisotopic (exact) mass is 234 g/mol. The van der Waals surface area contributed by atoms with Crippen LogP contribution in [0.4, 0.5) is 0 Å². The molecule has 0 saturated heterocycles. The highest BCUT2D eigenvalue weighted by molar-refractivity contribution is 5.92. The molecule has 4 aromatic heterocycles. The van der Waals surface area contributed by atoms with Crippen molar-refractivity contribution in [2.45, 2.75) is 0 Å². The zero-order valence-electron chi connectivity index (χ0n) is 9.31. The maximum absolute atomic E-state index is 4.48. The van der Waals surface area contributed by atoms with Gasteiger partial charge in [-0.2, -0.15) is 0 Å². The van der Waals surface area contributed by atoms with Crippen molar-refractivity contribution in [2.75, 3.05) is 0 Å². The predicted octanol–water partition coefficient (Wildman–Crippen LogP) is 2.30. The van der Waals surface area contributed by atoms with Crippen LogP contribution in [0, 0.1) is 6.20 Å². The molecule has 0 amide bonds. The van der Waals surface area contributed by atoms with Crippen molar-refractivity contribution in [3.8, 4) is 11.4 Å². The van der Waals surface area contributed by atoms with Crippen molar-refractivity contribution in [1.82, 2.24) is 24.9 Å². The summed E-state index contributed by atoms with van der Waals surface area (Å²) in [6.07, 6.45) is 6.46. The standard InChI is InChI=1S/C13H8N5/c1-2-10-13(14-5-1)18-12(17-10)9-4-7-16-11-8(9)3-6-15-11/h1-6H,(H,15,16)(H,14,17,18). The smallest absolute Gasteiger partial charge is 0.178 e. The van der Waals surface area contributed by atoms with Crippen molar-refractivity contribution in [2.24, 2.45) is 0 Å². The minimum absolute atomic E-state index is 0.716. The number of nitrogens with one attached hydrogen (secondary N) is 2. The summed E-state index contributed by atoms with van der Waals surface area (Å²) in [7, 11) is 0. The summed E-state index contributed by atoms with van der Waals surface area (Å²) in [5.74, 6) is 0.784. The topological polar surface area (TPSA) is 70.2 Å². The van der Waals surface area contributed by atoms with Crippen LogP contribution >= 0.6 is 0 Å². The van der Waals surface area contributed by atoms with E-state index in [1.807, 2.05) is 30.5 Å². The Morgan fingerprint density at radius 2 is 2.22 bits per heavy atom. The van der Waals surface area contributed by atoms with Gasteiger partial charge >= 0.3 is 0 Å². The second kappa shape index (κ2) is 3.40. The second-order valence-corrected chi connectivity index (χ2v) is 4.00. The molecule has 1 radical (unpaired) electrons. The molecule has 0 unspecified atom stereocenters. The fourth-order valence-corrected chi connectivity index (χ4v) is 2.08. The second-order valence-electron chi connectivity index (χ2n) is 4.00. The molecule has 5 nitrogen and oxygen atoms in total. The van der Waals surface area contributed by atoms with Gasteiger partial charge in [0, 0.05) is 23.3 Å². The Labute approximate surface area is 102 Å². The highest BCUT2D eigenvalue weighted by Gasteiger charge is 2.10. The molecule has 0 atom stereocenters. The van der Waals surface area contributed by atoms with E-state index in [-0.39, 0.29) is 0 Å². The van der Waals surface area contributed by atoms with Gasteiger partial charge in [0.25, 0.3) is 0 Å². The van der Waals surface area contributed by atoms with E-state index in [1.165, 1.54) is 0 Å². The van der Waals surface area contributed by atoms with Gasteiger partial charge in [-0.1, -0.05) is 0 Å². The number of aromatic nitrogens is 5. The third kappa shape index (κ3) is 1.24. The van der Waals surface area contributed by atoms with Gasteiger partial charge in [-0.15, -0.1) is 0 Å². The Balaban J connectivity index is 2.04. The summed E-state index contributed by atoms with van der Waals surface area (Å²) in [6.45, 7) is 0. The Morgan fingerprint density at radius 1 is 1.22 bits per heavy atom.